The highest BCUT2D eigenvalue weighted by atomic mass is 19.1. The molecule has 0 aliphatic heterocycles. The van der Waals surface area contributed by atoms with Gasteiger partial charge in [0.25, 0.3) is 0 Å². The molecule has 1 atom stereocenters. The molecule has 102 valence electrons. The fourth-order valence-electron chi connectivity index (χ4n) is 2.29. The molecule has 2 aromatic carbocycles. The third kappa shape index (κ3) is 2.73. The first kappa shape index (κ1) is 12.9. The van der Waals surface area contributed by atoms with Crippen LogP contribution in [0.1, 0.15) is 23.8 Å². The molecule has 0 amide bonds. The molecule has 0 spiro atoms. The molecule has 3 heteroatoms. The molecule has 0 bridgehead atoms. The summed E-state index contributed by atoms with van der Waals surface area (Å²) in [7, 11) is 0. The Hall–Kier alpha value is -2.13. The van der Waals surface area contributed by atoms with E-state index in [2.05, 4.69) is 0 Å². The number of aliphatic hydroxyl groups is 1. The first-order chi connectivity index (χ1) is 9.72. The number of hydrogen-bond acceptors (Lipinski definition) is 2. The molecular formula is C17H15FO2. The molecule has 0 saturated heterocycles. The van der Waals surface area contributed by atoms with Gasteiger partial charge in [-0.05, 0) is 42.7 Å². The van der Waals surface area contributed by atoms with Gasteiger partial charge < -0.3 is 9.52 Å². The van der Waals surface area contributed by atoms with Crippen molar-refractivity contribution >= 4 is 11.0 Å². The number of aryl methyl sites for hydroxylation is 1. The number of halogens is 1. The highest BCUT2D eigenvalue weighted by Gasteiger charge is 2.13. The molecular weight excluding hydrogens is 255 g/mol. The Balaban J connectivity index is 1.73. The van der Waals surface area contributed by atoms with Crippen LogP contribution in [0.15, 0.2) is 59.0 Å². The lowest BCUT2D eigenvalue weighted by molar-refractivity contribution is 0.143. The van der Waals surface area contributed by atoms with Crippen LogP contribution in [0.25, 0.3) is 11.0 Å². The van der Waals surface area contributed by atoms with Crippen LogP contribution in [0.4, 0.5) is 4.39 Å². The van der Waals surface area contributed by atoms with Gasteiger partial charge in [0.05, 0.1) is 0 Å². The monoisotopic (exact) mass is 270 g/mol. The van der Waals surface area contributed by atoms with Gasteiger partial charge in [-0.3, -0.25) is 0 Å². The van der Waals surface area contributed by atoms with Crippen LogP contribution in [0, 0.1) is 5.82 Å². The Bertz CT molecular complexity index is 703. The summed E-state index contributed by atoms with van der Waals surface area (Å²) in [6, 6.07) is 16.0. The van der Waals surface area contributed by atoms with Crippen LogP contribution in [0.5, 0.6) is 0 Å². The van der Waals surface area contributed by atoms with E-state index in [0.29, 0.717) is 23.2 Å². The second-order valence-electron chi connectivity index (χ2n) is 4.87. The number of fused-ring (bicyclic) bond motifs is 1. The fourth-order valence-corrected chi connectivity index (χ4v) is 2.29. The van der Waals surface area contributed by atoms with Gasteiger partial charge in [0.1, 0.15) is 23.3 Å². The van der Waals surface area contributed by atoms with Gasteiger partial charge in [0.15, 0.2) is 0 Å². The first-order valence-electron chi connectivity index (χ1n) is 6.63. The maximum absolute atomic E-state index is 13.1. The Morgan fingerprint density at radius 2 is 1.85 bits per heavy atom. The average Bonchev–Trinajstić information content (AvgIpc) is 2.89. The van der Waals surface area contributed by atoms with Gasteiger partial charge in [-0.25, -0.2) is 4.39 Å². The third-order valence-corrected chi connectivity index (χ3v) is 3.38. The number of furan rings is 1. The maximum Gasteiger partial charge on any atom is 0.134 e. The van der Waals surface area contributed by atoms with Crippen LogP contribution in [0.2, 0.25) is 0 Å². The number of hydrogen-bond donors (Lipinski definition) is 1. The third-order valence-electron chi connectivity index (χ3n) is 3.38. The minimum absolute atomic E-state index is 0.302. The van der Waals surface area contributed by atoms with Crippen LogP contribution < -0.4 is 0 Å². The van der Waals surface area contributed by atoms with Gasteiger partial charge in [-0.15, -0.1) is 0 Å². The number of aliphatic hydroxyl groups excluding tert-OH is 1. The summed E-state index contributed by atoms with van der Waals surface area (Å²) < 4.78 is 18.7. The second-order valence-corrected chi connectivity index (χ2v) is 4.87. The van der Waals surface area contributed by atoms with Crippen molar-refractivity contribution in [1.29, 1.82) is 0 Å². The van der Waals surface area contributed by atoms with Gasteiger partial charge in [-0.1, -0.05) is 30.3 Å². The summed E-state index contributed by atoms with van der Waals surface area (Å²) in [4.78, 5) is 0. The SMILES string of the molecule is OC(CCc1ccccc1)c1cc2cc(F)ccc2o1. The molecule has 0 aliphatic rings. The minimum Gasteiger partial charge on any atom is -0.458 e. The van der Waals surface area contributed by atoms with E-state index in [0.717, 1.165) is 6.42 Å². The molecule has 2 nitrogen and oxygen atoms in total. The van der Waals surface area contributed by atoms with Crippen LogP contribution >= 0.6 is 0 Å². The summed E-state index contributed by atoms with van der Waals surface area (Å²) in [5.41, 5.74) is 1.77. The number of benzene rings is 2. The summed E-state index contributed by atoms with van der Waals surface area (Å²) in [5.74, 6) is 0.185. The topological polar surface area (TPSA) is 33.4 Å². The minimum atomic E-state index is -0.675. The zero-order chi connectivity index (χ0) is 13.9. The van der Waals surface area contributed by atoms with Crippen molar-refractivity contribution in [2.24, 2.45) is 0 Å². The highest BCUT2D eigenvalue weighted by Crippen LogP contribution is 2.27. The van der Waals surface area contributed by atoms with Crippen LogP contribution in [0.3, 0.4) is 0 Å². The lowest BCUT2D eigenvalue weighted by Gasteiger charge is -2.07. The normalized spacial score (nSPS) is 12.7. The van der Waals surface area contributed by atoms with Crippen molar-refractivity contribution in [2.45, 2.75) is 18.9 Å². The average molecular weight is 270 g/mol. The molecule has 3 rings (SSSR count). The lowest BCUT2D eigenvalue weighted by atomic mass is 10.1. The highest BCUT2D eigenvalue weighted by molar-refractivity contribution is 5.77. The molecule has 1 N–H and O–H groups in total. The molecule has 0 saturated carbocycles. The molecule has 3 aromatic rings. The van der Waals surface area contributed by atoms with Crippen LogP contribution in [-0.2, 0) is 6.42 Å². The smallest absolute Gasteiger partial charge is 0.134 e. The van der Waals surface area contributed by atoms with E-state index in [1.807, 2.05) is 30.3 Å². The predicted octanol–water partition coefficient (Wildman–Crippen LogP) is 4.24. The molecule has 0 fully saturated rings. The molecule has 1 heterocycles. The summed E-state index contributed by atoms with van der Waals surface area (Å²) in [6.45, 7) is 0. The summed E-state index contributed by atoms with van der Waals surface area (Å²) >= 11 is 0. The van der Waals surface area contributed by atoms with Gasteiger partial charge in [-0.2, -0.15) is 0 Å². The van der Waals surface area contributed by atoms with Gasteiger partial charge in [0.2, 0.25) is 0 Å². The number of rotatable bonds is 4. The Labute approximate surface area is 116 Å². The Morgan fingerprint density at radius 1 is 1.05 bits per heavy atom. The largest absolute Gasteiger partial charge is 0.458 e. The first-order valence-corrected chi connectivity index (χ1v) is 6.63. The van der Waals surface area contributed by atoms with Crippen molar-refractivity contribution in [1.82, 2.24) is 0 Å². The second kappa shape index (κ2) is 5.47. The standard InChI is InChI=1S/C17H15FO2/c18-14-7-9-16-13(10-14)11-17(20-16)15(19)8-6-12-4-2-1-3-5-12/h1-5,7,9-11,15,19H,6,8H2. The fraction of sp³-hybridized carbons (Fsp3) is 0.176. The molecule has 1 unspecified atom stereocenters. The van der Waals surface area contributed by atoms with Crippen molar-refractivity contribution in [2.75, 3.05) is 0 Å². The zero-order valence-electron chi connectivity index (χ0n) is 10.9. The van der Waals surface area contributed by atoms with Crippen molar-refractivity contribution in [3.8, 4) is 0 Å². The van der Waals surface area contributed by atoms with Crippen LogP contribution in [-0.4, -0.2) is 5.11 Å². The molecule has 0 aliphatic carbocycles. The molecule has 0 radical (unpaired) electrons. The predicted molar refractivity (Wildman–Crippen MR) is 75.9 cm³/mol. The quantitative estimate of drug-likeness (QED) is 0.769. The van der Waals surface area contributed by atoms with E-state index in [9.17, 15) is 9.50 Å². The lowest BCUT2D eigenvalue weighted by Crippen LogP contribution is -1.97. The van der Waals surface area contributed by atoms with E-state index in [1.165, 1.54) is 17.7 Å². The Kier molecular flexibility index (Phi) is 3.52. The molecule has 1 aromatic heterocycles. The summed E-state index contributed by atoms with van der Waals surface area (Å²) in [6.07, 6.45) is 0.672. The van der Waals surface area contributed by atoms with Gasteiger partial charge in [0, 0.05) is 5.39 Å². The van der Waals surface area contributed by atoms with E-state index in [4.69, 9.17) is 4.42 Å². The van der Waals surface area contributed by atoms with E-state index >= 15 is 0 Å². The molecule has 20 heavy (non-hydrogen) atoms. The van der Waals surface area contributed by atoms with Gasteiger partial charge >= 0.3 is 0 Å². The van der Waals surface area contributed by atoms with E-state index in [-0.39, 0.29) is 5.82 Å². The van der Waals surface area contributed by atoms with Crippen molar-refractivity contribution < 1.29 is 13.9 Å². The van der Waals surface area contributed by atoms with E-state index in [1.54, 1.807) is 12.1 Å². The van der Waals surface area contributed by atoms with Crippen molar-refractivity contribution in [3.63, 3.8) is 0 Å². The zero-order valence-corrected chi connectivity index (χ0v) is 10.9. The summed E-state index contributed by atoms with van der Waals surface area (Å²) in [5, 5.41) is 10.8. The van der Waals surface area contributed by atoms with E-state index < -0.39 is 6.10 Å². The van der Waals surface area contributed by atoms with Crippen molar-refractivity contribution in [3.05, 3.63) is 71.7 Å². The maximum atomic E-state index is 13.1. The Morgan fingerprint density at radius 3 is 2.65 bits per heavy atom.